The van der Waals surface area contributed by atoms with E-state index in [2.05, 4.69) is 4.74 Å². The third-order valence-corrected chi connectivity index (χ3v) is 2.06. The van der Waals surface area contributed by atoms with Gasteiger partial charge in [0.2, 0.25) is 5.91 Å². The van der Waals surface area contributed by atoms with Crippen LogP contribution in [0.4, 0.5) is 0 Å². The molecule has 84 valence electrons. The Kier molecular flexibility index (Phi) is 4.83. The van der Waals surface area contributed by atoms with Gasteiger partial charge in [0.25, 0.3) is 0 Å². The average Bonchev–Trinajstić information content (AvgIpc) is 2.63. The van der Waals surface area contributed by atoms with Crippen LogP contribution in [0.5, 0.6) is 0 Å². The maximum atomic E-state index is 11.2. The highest BCUT2D eigenvalue weighted by atomic mass is 16.6. The van der Waals surface area contributed by atoms with E-state index >= 15 is 0 Å². The van der Waals surface area contributed by atoms with Crippen molar-refractivity contribution in [3.05, 3.63) is 12.3 Å². The molecule has 0 aromatic carbocycles. The van der Waals surface area contributed by atoms with Crippen molar-refractivity contribution in [3.8, 4) is 0 Å². The van der Waals surface area contributed by atoms with Gasteiger partial charge in [-0.25, -0.2) is 4.79 Å². The van der Waals surface area contributed by atoms with Crippen molar-refractivity contribution in [1.29, 1.82) is 0 Å². The Bertz CT molecular complexity index is 262. The van der Waals surface area contributed by atoms with Crippen molar-refractivity contribution in [3.63, 3.8) is 0 Å². The highest BCUT2D eigenvalue weighted by Gasteiger charge is 2.16. The van der Waals surface area contributed by atoms with Gasteiger partial charge >= 0.3 is 5.97 Å². The predicted octanol–water partition coefficient (Wildman–Crippen LogP) is 0.312. The number of rotatable bonds is 5. The normalized spacial score (nSPS) is 16.3. The van der Waals surface area contributed by atoms with E-state index in [0.717, 1.165) is 13.0 Å². The summed E-state index contributed by atoms with van der Waals surface area (Å²) in [5.41, 5.74) is 0. The number of carbonyl (C=O) groups is 2. The van der Waals surface area contributed by atoms with E-state index in [0.29, 0.717) is 13.0 Å². The summed E-state index contributed by atoms with van der Waals surface area (Å²) in [5.74, 6) is -0.264. The zero-order chi connectivity index (χ0) is 11.1. The van der Waals surface area contributed by atoms with Crippen LogP contribution in [0.1, 0.15) is 12.8 Å². The fraction of sp³-hybridized carbons (Fsp3) is 0.600. The summed E-state index contributed by atoms with van der Waals surface area (Å²) in [7, 11) is 1.31. The highest BCUT2D eigenvalue weighted by molar-refractivity contribution is 5.79. The zero-order valence-corrected chi connectivity index (χ0v) is 8.77. The summed E-state index contributed by atoms with van der Waals surface area (Å²) in [6.45, 7) is 1.01. The Morgan fingerprint density at radius 1 is 1.60 bits per heavy atom. The fourth-order valence-corrected chi connectivity index (χ4v) is 1.27. The monoisotopic (exact) mass is 213 g/mol. The predicted molar refractivity (Wildman–Crippen MR) is 52.9 cm³/mol. The number of ether oxygens (including phenoxy) is 2. The second-order valence-electron chi connectivity index (χ2n) is 3.17. The lowest BCUT2D eigenvalue weighted by Crippen LogP contribution is -2.17. The molecule has 5 heteroatoms. The Labute approximate surface area is 88.6 Å². The van der Waals surface area contributed by atoms with Crippen molar-refractivity contribution in [2.24, 2.45) is 0 Å². The Morgan fingerprint density at radius 2 is 2.40 bits per heavy atom. The van der Waals surface area contributed by atoms with E-state index in [1.807, 2.05) is 0 Å². The van der Waals surface area contributed by atoms with Gasteiger partial charge in [0.05, 0.1) is 13.7 Å². The molecule has 1 saturated heterocycles. The average molecular weight is 213 g/mol. The molecule has 1 aliphatic heterocycles. The van der Waals surface area contributed by atoms with E-state index in [1.165, 1.54) is 7.11 Å². The molecule has 0 aromatic heterocycles. The van der Waals surface area contributed by atoms with E-state index < -0.39 is 5.97 Å². The molecule has 0 unspecified atom stereocenters. The van der Waals surface area contributed by atoms with Gasteiger partial charge in [0.1, 0.15) is 6.61 Å². The molecule has 0 spiro atoms. The zero-order valence-electron chi connectivity index (χ0n) is 8.77. The van der Waals surface area contributed by atoms with Gasteiger partial charge in [-0.3, -0.25) is 4.79 Å². The molecule has 0 radical (unpaired) electrons. The number of methoxy groups -OCH3 is 1. The van der Waals surface area contributed by atoms with Gasteiger partial charge in [0.15, 0.2) is 0 Å². The molecule has 0 aliphatic carbocycles. The second kappa shape index (κ2) is 6.19. The Balaban J connectivity index is 2.11. The summed E-state index contributed by atoms with van der Waals surface area (Å²) >= 11 is 0. The second-order valence-corrected chi connectivity index (χ2v) is 3.17. The van der Waals surface area contributed by atoms with Crippen LogP contribution in [-0.2, 0) is 19.1 Å². The molecule has 1 rings (SSSR count). The molecule has 0 aromatic rings. The third-order valence-electron chi connectivity index (χ3n) is 2.06. The molecule has 1 fully saturated rings. The minimum absolute atomic E-state index is 0.0607. The molecular formula is C10H15NO4. The molecule has 15 heavy (non-hydrogen) atoms. The van der Waals surface area contributed by atoms with Gasteiger partial charge in [-0.1, -0.05) is 0 Å². The van der Waals surface area contributed by atoms with Crippen LogP contribution < -0.4 is 0 Å². The standard InChI is InChI=1S/C10H15NO4/c1-14-10(13)8-15-7-3-6-11-5-2-4-9(11)12/h3,6H,2,4-5,7-8H2,1H3. The summed E-state index contributed by atoms with van der Waals surface area (Å²) < 4.78 is 9.38. The van der Waals surface area contributed by atoms with Crippen LogP contribution >= 0.6 is 0 Å². The molecule has 5 nitrogen and oxygen atoms in total. The van der Waals surface area contributed by atoms with Gasteiger partial charge in [0, 0.05) is 19.2 Å². The van der Waals surface area contributed by atoms with Gasteiger partial charge < -0.3 is 14.4 Å². The van der Waals surface area contributed by atoms with Gasteiger partial charge in [-0.15, -0.1) is 0 Å². The van der Waals surface area contributed by atoms with E-state index in [4.69, 9.17) is 4.74 Å². The quantitative estimate of drug-likeness (QED) is 0.487. The molecule has 1 heterocycles. The van der Waals surface area contributed by atoms with Crippen molar-refractivity contribution in [2.75, 3.05) is 26.9 Å². The largest absolute Gasteiger partial charge is 0.467 e. The van der Waals surface area contributed by atoms with Crippen LogP contribution in [0.2, 0.25) is 0 Å². The van der Waals surface area contributed by atoms with Crippen molar-refractivity contribution in [2.45, 2.75) is 12.8 Å². The molecule has 1 amide bonds. The van der Waals surface area contributed by atoms with E-state index in [9.17, 15) is 9.59 Å². The molecule has 0 atom stereocenters. The molecular weight excluding hydrogens is 198 g/mol. The van der Waals surface area contributed by atoms with E-state index in [1.54, 1.807) is 17.2 Å². The summed E-state index contributed by atoms with van der Waals surface area (Å²) in [6, 6.07) is 0. The lowest BCUT2D eigenvalue weighted by molar-refractivity contribution is -0.145. The molecule has 0 bridgehead atoms. The maximum absolute atomic E-state index is 11.2. The first kappa shape index (κ1) is 11.7. The number of esters is 1. The fourth-order valence-electron chi connectivity index (χ4n) is 1.27. The van der Waals surface area contributed by atoms with Crippen molar-refractivity contribution < 1.29 is 19.1 Å². The maximum Gasteiger partial charge on any atom is 0.331 e. The van der Waals surface area contributed by atoms with Crippen LogP contribution in [0.15, 0.2) is 12.3 Å². The smallest absolute Gasteiger partial charge is 0.331 e. The number of amides is 1. The topological polar surface area (TPSA) is 55.8 Å². The SMILES string of the molecule is COC(=O)COCC=CN1CCCC1=O. The van der Waals surface area contributed by atoms with Crippen molar-refractivity contribution in [1.82, 2.24) is 4.90 Å². The van der Waals surface area contributed by atoms with E-state index in [-0.39, 0.29) is 12.5 Å². The first-order valence-corrected chi connectivity index (χ1v) is 4.84. The van der Waals surface area contributed by atoms with Gasteiger partial charge in [-0.05, 0) is 12.5 Å². The number of likely N-dealkylation sites (tertiary alicyclic amines) is 1. The van der Waals surface area contributed by atoms with Gasteiger partial charge in [-0.2, -0.15) is 0 Å². The first-order chi connectivity index (χ1) is 7.24. The van der Waals surface area contributed by atoms with Crippen LogP contribution in [0.3, 0.4) is 0 Å². The van der Waals surface area contributed by atoms with Crippen LogP contribution in [0, 0.1) is 0 Å². The van der Waals surface area contributed by atoms with Crippen LogP contribution in [-0.4, -0.2) is 43.6 Å². The Morgan fingerprint density at radius 3 is 3.00 bits per heavy atom. The molecule has 0 saturated carbocycles. The minimum Gasteiger partial charge on any atom is -0.467 e. The lowest BCUT2D eigenvalue weighted by atomic mass is 10.4. The summed E-state index contributed by atoms with van der Waals surface area (Å²) in [6.07, 6.45) is 4.94. The van der Waals surface area contributed by atoms with Crippen molar-refractivity contribution >= 4 is 11.9 Å². The number of carbonyl (C=O) groups excluding carboxylic acids is 2. The molecule has 1 aliphatic rings. The minimum atomic E-state index is -0.402. The number of nitrogens with zero attached hydrogens (tertiary/aromatic N) is 1. The Hall–Kier alpha value is -1.36. The number of hydrogen-bond donors (Lipinski definition) is 0. The first-order valence-electron chi connectivity index (χ1n) is 4.84. The van der Waals surface area contributed by atoms with Crippen LogP contribution in [0.25, 0.3) is 0 Å². The summed E-state index contributed by atoms with van der Waals surface area (Å²) in [5, 5.41) is 0. The molecule has 0 N–H and O–H groups in total. The lowest BCUT2D eigenvalue weighted by Gasteiger charge is -2.07. The summed E-state index contributed by atoms with van der Waals surface area (Å²) in [4.78, 5) is 23.5. The third kappa shape index (κ3) is 4.12. The number of hydrogen-bond acceptors (Lipinski definition) is 4. The highest BCUT2D eigenvalue weighted by Crippen LogP contribution is 2.09.